The molecule has 0 unspecified atom stereocenters. The van der Waals surface area contributed by atoms with E-state index in [1.165, 1.54) is 0 Å². The van der Waals surface area contributed by atoms with Gasteiger partial charge in [-0.3, -0.25) is 9.59 Å². The van der Waals surface area contributed by atoms with Gasteiger partial charge in [0.15, 0.2) is 0 Å². The van der Waals surface area contributed by atoms with Gasteiger partial charge in [0.2, 0.25) is 5.91 Å². The Labute approximate surface area is 153 Å². The van der Waals surface area contributed by atoms with Gasteiger partial charge in [-0.1, -0.05) is 0 Å². The van der Waals surface area contributed by atoms with E-state index in [1.54, 1.807) is 4.90 Å². The first-order valence-corrected chi connectivity index (χ1v) is 9.58. The van der Waals surface area contributed by atoms with Crippen molar-refractivity contribution < 1.29 is 19.4 Å². The third-order valence-electron chi connectivity index (χ3n) is 5.99. The predicted molar refractivity (Wildman–Crippen MR) is 96.1 cm³/mol. The van der Waals surface area contributed by atoms with Gasteiger partial charge in [-0.2, -0.15) is 0 Å². The van der Waals surface area contributed by atoms with Crippen LogP contribution in [-0.4, -0.2) is 66.1 Å². The van der Waals surface area contributed by atoms with Crippen LogP contribution >= 0.6 is 0 Å². The number of fused-ring (bicyclic) bond motifs is 1. The molecule has 0 aromatic heterocycles. The number of aliphatic hydroxyl groups is 1. The maximum atomic E-state index is 13.0. The number of nitrogens with zero attached hydrogens (tertiary/aromatic N) is 2. The fourth-order valence-corrected chi connectivity index (χ4v) is 4.59. The molecule has 1 spiro atoms. The number of ether oxygens (including phenoxy) is 1. The molecule has 2 amide bonds. The number of aliphatic hydroxyl groups excluding tert-OH is 1. The average molecular weight is 358 g/mol. The van der Waals surface area contributed by atoms with Crippen LogP contribution in [0, 0.1) is 5.41 Å². The monoisotopic (exact) mass is 358 g/mol. The van der Waals surface area contributed by atoms with E-state index in [0.717, 1.165) is 43.6 Å². The van der Waals surface area contributed by atoms with E-state index in [2.05, 4.69) is 0 Å². The molecule has 140 valence electrons. The third kappa shape index (κ3) is 2.96. The molecule has 1 atom stereocenters. The molecule has 4 rings (SSSR count). The van der Waals surface area contributed by atoms with Crippen LogP contribution in [0.2, 0.25) is 0 Å². The lowest BCUT2D eigenvalue weighted by atomic mass is 9.78. The van der Waals surface area contributed by atoms with Crippen LogP contribution in [0.5, 0.6) is 5.75 Å². The van der Waals surface area contributed by atoms with Crippen molar-refractivity contribution in [3.05, 3.63) is 29.3 Å². The Morgan fingerprint density at radius 3 is 2.96 bits per heavy atom. The van der Waals surface area contributed by atoms with Crippen molar-refractivity contribution in [2.24, 2.45) is 5.41 Å². The Hall–Kier alpha value is -2.08. The molecule has 2 saturated heterocycles. The molecule has 0 radical (unpaired) electrons. The minimum atomic E-state index is -0.458. The van der Waals surface area contributed by atoms with Gasteiger partial charge in [-0.25, -0.2) is 0 Å². The lowest BCUT2D eigenvalue weighted by molar-refractivity contribution is -0.146. The van der Waals surface area contributed by atoms with Gasteiger partial charge in [-0.15, -0.1) is 0 Å². The molecule has 6 nitrogen and oxygen atoms in total. The zero-order chi connectivity index (χ0) is 18.1. The molecule has 1 aromatic carbocycles. The summed E-state index contributed by atoms with van der Waals surface area (Å²) >= 11 is 0. The molecule has 0 bridgehead atoms. The topological polar surface area (TPSA) is 70.1 Å². The zero-order valence-corrected chi connectivity index (χ0v) is 15.1. The molecule has 0 aliphatic carbocycles. The Kier molecular flexibility index (Phi) is 4.61. The van der Waals surface area contributed by atoms with Crippen LogP contribution in [0.15, 0.2) is 18.2 Å². The largest absolute Gasteiger partial charge is 0.493 e. The standard InChI is InChI=1S/C20H26N2O4/c23-11-10-21-8-2-6-20(19(21)25)7-9-22(14-20)18(24)16-4-5-17-15(13-16)3-1-12-26-17/h4-5,13,23H,1-3,6-12,14H2/t20-/m1/s1. The van der Waals surface area contributed by atoms with Gasteiger partial charge in [0.25, 0.3) is 5.91 Å². The van der Waals surface area contributed by atoms with Gasteiger partial charge >= 0.3 is 0 Å². The number of β-amino-alcohol motifs (C(OH)–C–C–N with tert-alkyl or cyclic N) is 1. The fraction of sp³-hybridized carbons (Fsp3) is 0.600. The van der Waals surface area contributed by atoms with E-state index >= 15 is 0 Å². The molecular weight excluding hydrogens is 332 g/mol. The van der Waals surface area contributed by atoms with Crippen LogP contribution in [-0.2, 0) is 11.2 Å². The van der Waals surface area contributed by atoms with Crippen LogP contribution in [0.25, 0.3) is 0 Å². The van der Waals surface area contributed by atoms with Crippen molar-refractivity contribution in [3.8, 4) is 5.75 Å². The van der Waals surface area contributed by atoms with Gasteiger partial charge in [0, 0.05) is 31.7 Å². The average Bonchev–Trinajstić information content (AvgIpc) is 3.10. The number of piperidine rings is 1. The van der Waals surface area contributed by atoms with Crippen molar-refractivity contribution in [2.75, 3.05) is 39.4 Å². The summed E-state index contributed by atoms with van der Waals surface area (Å²) in [6, 6.07) is 5.67. The van der Waals surface area contributed by atoms with Crippen LogP contribution < -0.4 is 4.74 Å². The van der Waals surface area contributed by atoms with Gasteiger partial charge < -0.3 is 19.6 Å². The summed E-state index contributed by atoms with van der Waals surface area (Å²) in [5.41, 5.74) is 1.32. The lowest BCUT2D eigenvalue weighted by Crippen LogP contribution is -2.51. The molecule has 26 heavy (non-hydrogen) atoms. The fourth-order valence-electron chi connectivity index (χ4n) is 4.59. The highest BCUT2D eigenvalue weighted by Gasteiger charge is 2.49. The maximum Gasteiger partial charge on any atom is 0.253 e. The summed E-state index contributed by atoms with van der Waals surface area (Å²) in [6.45, 7) is 2.92. The molecule has 0 saturated carbocycles. The number of hydrogen-bond donors (Lipinski definition) is 1. The van der Waals surface area contributed by atoms with Crippen molar-refractivity contribution in [1.29, 1.82) is 0 Å². The molecule has 3 aliphatic rings. The molecule has 2 fully saturated rings. The van der Waals surface area contributed by atoms with E-state index in [-0.39, 0.29) is 18.4 Å². The van der Waals surface area contributed by atoms with Gasteiger partial charge in [0.05, 0.1) is 18.6 Å². The SMILES string of the molecule is O=C(c1ccc2c(c1)CCCO2)N1CC[C@]2(CCCN(CCO)C2=O)C1. The van der Waals surface area contributed by atoms with Gasteiger partial charge in [0.1, 0.15) is 5.75 Å². The van der Waals surface area contributed by atoms with E-state index in [9.17, 15) is 14.7 Å². The van der Waals surface area contributed by atoms with Crippen LogP contribution in [0.1, 0.15) is 41.6 Å². The lowest BCUT2D eigenvalue weighted by Gasteiger charge is -2.39. The normalized spacial score (nSPS) is 25.3. The summed E-state index contributed by atoms with van der Waals surface area (Å²) in [6.07, 6.45) is 4.40. The van der Waals surface area contributed by atoms with Crippen molar-refractivity contribution >= 4 is 11.8 Å². The molecule has 1 N–H and O–H groups in total. The minimum absolute atomic E-state index is 0.00216. The summed E-state index contributed by atoms with van der Waals surface area (Å²) in [5.74, 6) is 0.988. The third-order valence-corrected chi connectivity index (χ3v) is 5.99. The van der Waals surface area contributed by atoms with Crippen LogP contribution in [0.4, 0.5) is 0 Å². The van der Waals surface area contributed by atoms with Crippen molar-refractivity contribution in [3.63, 3.8) is 0 Å². The molecule has 6 heteroatoms. The Balaban J connectivity index is 1.50. The quantitative estimate of drug-likeness (QED) is 0.888. The molecule has 1 aromatic rings. The second-order valence-electron chi connectivity index (χ2n) is 7.65. The molecule has 3 heterocycles. The van der Waals surface area contributed by atoms with E-state index in [4.69, 9.17) is 4.74 Å². The number of carbonyl (C=O) groups is 2. The number of rotatable bonds is 3. The zero-order valence-electron chi connectivity index (χ0n) is 15.1. The number of benzene rings is 1. The highest BCUT2D eigenvalue weighted by atomic mass is 16.5. The first kappa shape index (κ1) is 17.3. The second-order valence-corrected chi connectivity index (χ2v) is 7.65. The molecular formula is C20H26N2O4. The maximum absolute atomic E-state index is 13.0. The first-order valence-electron chi connectivity index (χ1n) is 9.58. The smallest absolute Gasteiger partial charge is 0.253 e. The van der Waals surface area contributed by atoms with Crippen molar-refractivity contribution in [2.45, 2.75) is 32.1 Å². The summed E-state index contributed by atoms with van der Waals surface area (Å²) in [4.78, 5) is 29.5. The number of hydrogen-bond acceptors (Lipinski definition) is 4. The number of likely N-dealkylation sites (tertiary alicyclic amines) is 2. The molecule has 3 aliphatic heterocycles. The van der Waals surface area contributed by atoms with E-state index in [1.807, 2.05) is 23.1 Å². The minimum Gasteiger partial charge on any atom is -0.493 e. The summed E-state index contributed by atoms with van der Waals surface area (Å²) in [7, 11) is 0. The van der Waals surface area contributed by atoms with Crippen LogP contribution in [0.3, 0.4) is 0 Å². The highest BCUT2D eigenvalue weighted by Crippen LogP contribution is 2.40. The predicted octanol–water partition coefficient (Wildman–Crippen LogP) is 1.46. The first-order chi connectivity index (χ1) is 12.6. The Bertz CT molecular complexity index is 718. The number of aryl methyl sites for hydroxylation is 1. The number of amides is 2. The number of carbonyl (C=O) groups excluding carboxylic acids is 2. The summed E-state index contributed by atoms with van der Waals surface area (Å²) < 4.78 is 5.63. The van der Waals surface area contributed by atoms with Gasteiger partial charge in [-0.05, 0) is 55.9 Å². The van der Waals surface area contributed by atoms with E-state index < -0.39 is 5.41 Å². The Morgan fingerprint density at radius 1 is 1.23 bits per heavy atom. The second kappa shape index (κ2) is 6.91. The van der Waals surface area contributed by atoms with E-state index in [0.29, 0.717) is 38.2 Å². The highest BCUT2D eigenvalue weighted by molar-refractivity contribution is 5.96. The Morgan fingerprint density at radius 2 is 2.12 bits per heavy atom. The van der Waals surface area contributed by atoms with Crippen molar-refractivity contribution in [1.82, 2.24) is 9.80 Å². The summed E-state index contributed by atoms with van der Waals surface area (Å²) in [5, 5.41) is 9.18.